The van der Waals surface area contributed by atoms with Gasteiger partial charge in [0.25, 0.3) is 0 Å². The largest absolute Gasteiger partial charge is 0.357 e. The lowest BCUT2D eigenvalue weighted by Crippen LogP contribution is -2.50. The van der Waals surface area contributed by atoms with Crippen LogP contribution in [0.5, 0.6) is 0 Å². The highest BCUT2D eigenvalue weighted by Gasteiger charge is 2.29. The Bertz CT molecular complexity index is 1060. The van der Waals surface area contributed by atoms with E-state index in [1.54, 1.807) is 35.8 Å². The highest BCUT2D eigenvalue weighted by Crippen LogP contribution is 2.19. The molecule has 172 valence electrons. The lowest BCUT2D eigenvalue weighted by atomic mass is 10.0. The summed E-state index contributed by atoms with van der Waals surface area (Å²) in [6, 6.07) is 24.9. The van der Waals surface area contributed by atoms with Gasteiger partial charge in [0, 0.05) is 30.8 Å². The lowest BCUT2D eigenvalue weighted by molar-refractivity contribution is -0.139. The topological polar surface area (TPSA) is 49.4 Å². The molecule has 1 unspecified atom stereocenters. The van der Waals surface area contributed by atoms with E-state index in [4.69, 9.17) is 11.6 Å². The average molecular weight is 481 g/mol. The number of hydrogen-bond acceptors (Lipinski definition) is 3. The number of carbonyl (C=O) groups is 2. The number of carbonyl (C=O) groups excluding carboxylic acids is 2. The smallest absolute Gasteiger partial charge is 0.242 e. The lowest BCUT2D eigenvalue weighted by Gasteiger charge is -2.31. The molecule has 0 spiro atoms. The number of hydrogen-bond donors (Lipinski definition) is 1. The van der Waals surface area contributed by atoms with E-state index in [1.807, 2.05) is 48.5 Å². The summed E-state index contributed by atoms with van der Waals surface area (Å²) in [6.07, 6.45) is 0.447. The van der Waals surface area contributed by atoms with E-state index in [1.165, 1.54) is 11.1 Å². The van der Waals surface area contributed by atoms with Gasteiger partial charge in [-0.3, -0.25) is 9.59 Å². The predicted octanol–water partition coefficient (Wildman–Crippen LogP) is 5.27. The number of thioether (sulfide) groups is 1. The van der Waals surface area contributed by atoms with Crippen LogP contribution in [0, 0.1) is 6.92 Å². The van der Waals surface area contributed by atoms with Crippen molar-refractivity contribution in [2.45, 2.75) is 31.7 Å². The van der Waals surface area contributed by atoms with Gasteiger partial charge in [-0.2, -0.15) is 0 Å². The fourth-order valence-electron chi connectivity index (χ4n) is 3.65. The number of halogens is 1. The summed E-state index contributed by atoms with van der Waals surface area (Å²) >= 11 is 7.61. The first-order valence-electron chi connectivity index (χ1n) is 10.9. The van der Waals surface area contributed by atoms with Crippen LogP contribution in [0.1, 0.15) is 22.3 Å². The van der Waals surface area contributed by atoms with Crippen LogP contribution in [0.3, 0.4) is 0 Å². The van der Waals surface area contributed by atoms with E-state index in [9.17, 15) is 9.59 Å². The average Bonchev–Trinajstić information content (AvgIpc) is 2.82. The van der Waals surface area contributed by atoms with E-state index < -0.39 is 6.04 Å². The van der Waals surface area contributed by atoms with Crippen LogP contribution < -0.4 is 5.32 Å². The molecule has 0 heterocycles. The van der Waals surface area contributed by atoms with E-state index in [0.717, 1.165) is 16.9 Å². The Balaban J connectivity index is 1.80. The number of benzene rings is 3. The molecule has 2 amide bonds. The molecule has 33 heavy (non-hydrogen) atoms. The van der Waals surface area contributed by atoms with Gasteiger partial charge in [-0.25, -0.2) is 0 Å². The normalized spacial score (nSPS) is 11.6. The SMILES string of the molecule is CNC(=O)C(Cc1ccccc1)N(Cc1ccc(Cl)cc1)C(=O)CSCc1cccc(C)c1. The summed E-state index contributed by atoms with van der Waals surface area (Å²) in [5.74, 6) is 0.798. The number of aryl methyl sites for hydroxylation is 1. The van der Waals surface area contributed by atoms with Gasteiger partial charge in [0.2, 0.25) is 11.8 Å². The molecule has 0 bridgehead atoms. The first kappa shape index (κ1) is 24.9. The van der Waals surface area contributed by atoms with Gasteiger partial charge in [0.05, 0.1) is 5.75 Å². The molecule has 3 aromatic carbocycles. The first-order valence-corrected chi connectivity index (χ1v) is 12.4. The molecular weight excluding hydrogens is 452 g/mol. The van der Waals surface area contributed by atoms with Gasteiger partial charge >= 0.3 is 0 Å². The fraction of sp³-hybridized carbons (Fsp3) is 0.259. The van der Waals surface area contributed by atoms with Crippen LogP contribution in [0.4, 0.5) is 0 Å². The molecule has 0 radical (unpaired) electrons. The maximum atomic E-state index is 13.4. The van der Waals surface area contributed by atoms with E-state index in [0.29, 0.717) is 23.7 Å². The highest BCUT2D eigenvalue weighted by molar-refractivity contribution is 7.99. The molecule has 3 aromatic rings. The highest BCUT2D eigenvalue weighted by atomic mass is 35.5. The molecule has 1 N–H and O–H groups in total. The Morgan fingerprint density at radius 3 is 2.30 bits per heavy atom. The van der Waals surface area contributed by atoms with Crippen molar-refractivity contribution in [1.82, 2.24) is 10.2 Å². The summed E-state index contributed by atoms with van der Waals surface area (Å²) in [7, 11) is 1.61. The Morgan fingerprint density at radius 1 is 0.939 bits per heavy atom. The quantitative estimate of drug-likeness (QED) is 0.430. The molecule has 0 aliphatic rings. The van der Waals surface area contributed by atoms with Crippen LogP contribution in [-0.2, 0) is 28.3 Å². The van der Waals surface area contributed by atoms with Crippen LogP contribution >= 0.6 is 23.4 Å². The van der Waals surface area contributed by atoms with Crippen LogP contribution in [0.25, 0.3) is 0 Å². The molecule has 3 rings (SSSR count). The zero-order valence-electron chi connectivity index (χ0n) is 19.0. The first-order chi connectivity index (χ1) is 16.0. The predicted molar refractivity (Wildman–Crippen MR) is 137 cm³/mol. The maximum absolute atomic E-state index is 13.4. The van der Waals surface area contributed by atoms with Crippen molar-refractivity contribution in [3.05, 3.63) is 106 Å². The Kier molecular flexibility index (Phi) is 9.40. The number of amides is 2. The molecule has 0 fully saturated rings. The third kappa shape index (κ3) is 7.65. The fourth-order valence-corrected chi connectivity index (χ4v) is 4.63. The van der Waals surface area contributed by atoms with Gasteiger partial charge in [0.15, 0.2) is 0 Å². The molecule has 4 nitrogen and oxygen atoms in total. The van der Waals surface area contributed by atoms with Crippen molar-refractivity contribution in [2.24, 2.45) is 0 Å². The summed E-state index contributed by atoms with van der Waals surface area (Å²) in [5, 5.41) is 3.38. The monoisotopic (exact) mass is 480 g/mol. The van der Waals surface area contributed by atoms with Crippen LogP contribution in [0.2, 0.25) is 5.02 Å². The Morgan fingerprint density at radius 2 is 1.64 bits per heavy atom. The van der Waals surface area contributed by atoms with Crippen molar-refractivity contribution < 1.29 is 9.59 Å². The second-order valence-corrected chi connectivity index (χ2v) is 9.37. The second-order valence-electron chi connectivity index (χ2n) is 7.95. The van der Waals surface area contributed by atoms with Crippen molar-refractivity contribution in [2.75, 3.05) is 12.8 Å². The second kappa shape index (κ2) is 12.5. The minimum absolute atomic E-state index is 0.0628. The Hall–Kier alpha value is -2.76. The van der Waals surface area contributed by atoms with Crippen LogP contribution in [-0.4, -0.2) is 35.6 Å². The van der Waals surface area contributed by atoms with Gasteiger partial charge in [0.1, 0.15) is 6.04 Å². The molecule has 0 aromatic heterocycles. The van der Waals surface area contributed by atoms with Crippen molar-refractivity contribution >= 4 is 35.2 Å². The van der Waals surface area contributed by atoms with Crippen molar-refractivity contribution in [3.8, 4) is 0 Å². The molecule has 1 atom stereocenters. The minimum Gasteiger partial charge on any atom is -0.357 e. The third-order valence-electron chi connectivity index (χ3n) is 5.36. The minimum atomic E-state index is -0.611. The number of likely N-dealkylation sites (N-methyl/N-ethyl adjacent to an activating group) is 1. The zero-order chi connectivity index (χ0) is 23.6. The summed E-state index contributed by atoms with van der Waals surface area (Å²) in [5.41, 5.74) is 4.32. The maximum Gasteiger partial charge on any atom is 0.242 e. The third-order valence-corrected chi connectivity index (χ3v) is 6.60. The Labute approximate surface area is 205 Å². The van der Waals surface area contributed by atoms with Gasteiger partial charge in [-0.15, -0.1) is 11.8 Å². The molecule has 0 aliphatic carbocycles. The number of nitrogens with one attached hydrogen (secondary N) is 1. The van der Waals surface area contributed by atoms with Gasteiger partial charge < -0.3 is 10.2 Å². The standard InChI is InChI=1S/C27H29ClN2O2S/c1-20-7-6-10-23(15-20)18-33-19-26(31)30(17-22-11-13-24(28)14-12-22)25(27(32)29-2)16-21-8-4-3-5-9-21/h3-15,25H,16-19H2,1-2H3,(H,29,32). The van der Waals surface area contributed by atoms with Crippen LogP contribution in [0.15, 0.2) is 78.9 Å². The zero-order valence-corrected chi connectivity index (χ0v) is 20.5. The summed E-state index contributed by atoms with van der Waals surface area (Å²) in [4.78, 5) is 28.0. The van der Waals surface area contributed by atoms with E-state index in [-0.39, 0.29) is 11.8 Å². The van der Waals surface area contributed by atoms with Crippen molar-refractivity contribution in [3.63, 3.8) is 0 Å². The molecular formula is C27H29ClN2O2S. The van der Waals surface area contributed by atoms with E-state index in [2.05, 4.69) is 30.4 Å². The summed E-state index contributed by atoms with van der Waals surface area (Å²) < 4.78 is 0. The van der Waals surface area contributed by atoms with E-state index >= 15 is 0 Å². The molecule has 6 heteroatoms. The van der Waals surface area contributed by atoms with Crippen molar-refractivity contribution in [1.29, 1.82) is 0 Å². The van der Waals surface area contributed by atoms with Gasteiger partial charge in [-0.1, -0.05) is 83.9 Å². The molecule has 0 saturated carbocycles. The summed E-state index contributed by atoms with van der Waals surface area (Å²) in [6.45, 7) is 2.40. The molecule has 0 aliphatic heterocycles. The van der Waals surface area contributed by atoms with Gasteiger partial charge in [-0.05, 0) is 35.7 Å². The number of rotatable bonds is 10. The molecule has 0 saturated heterocycles. The number of nitrogens with zero attached hydrogens (tertiary/aromatic N) is 1.